The SMILES string of the molecule is C=Cc1cccc(OOc2c(C(=O)c3ccccc3)ccc(C=C)c2C=C)c1C=C. The van der Waals surface area contributed by atoms with Crippen LogP contribution in [0.3, 0.4) is 0 Å². The zero-order valence-electron chi connectivity index (χ0n) is 16.6. The molecular weight excluding hydrogens is 372 g/mol. The Morgan fingerprint density at radius 1 is 0.667 bits per heavy atom. The fourth-order valence-corrected chi connectivity index (χ4v) is 3.13. The summed E-state index contributed by atoms with van der Waals surface area (Å²) in [6, 6.07) is 18.0. The zero-order chi connectivity index (χ0) is 21.5. The monoisotopic (exact) mass is 394 g/mol. The molecule has 0 aliphatic rings. The molecule has 0 heterocycles. The van der Waals surface area contributed by atoms with E-state index >= 15 is 0 Å². The molecule has 0 radical (unpaired) electrons. The molecule has 148 valence electrons. The second-order valence-corrected chi connectivity index (χ2v) is 6.38. The maximum absolute atomic E-state index is 13.1. The average molecular weight is 394 g/mol. The van der Waals surface area contributed by atoms with E-state index in [1.807, 2.05) is 30.3 Å². The summed E-state index contributed by atoms with van der Waals surface area (Å²) in [6.07, 6.45) is 6.67. The van der Waals surface area contributed by atoms with Gasteiger partial charge in [-0.1, -0.05) is 99.2 Å². The first kappa shape index (κ1) is 20.6. The van der Waals surface area contributed by atoms with Crippen molar-refractivity contribution in [2.45, 2.75) is 0 Å². The zero-order valence-corrected chi connectivity index (χ0v) is 16.6. The van der Waals surface area contributed by atoms with Gasteiger partial charge < -0.3 is 0 Å². The molecule has 0 fully saturated rings. The molecule has 0 saturated carbocycles. The molecule has 0 aliphatic carbocycles. The highest BCUT2D eigenvalue weighted by Gasteiger charge is 2.21. The minimum Gasteiger partial charge on any atom is -0.289 e. The van der Waals surface area contributed by atoms with Crippen LogP contribution in [0.15, 0.2) is 87.0 Å². The first-order chi connectivity index (χ1) is 14.6. The van der Waals surface area contributed by atoms with E-state index in [1.54, 1.807) is 54.6 Å². The largest absolute Gasteiger partial charge is 0.289 e. The molecule has 0 amide bonds. The van der Waals surface area contributed by atoms with Crippen molar-refractivity contribution in [3.05, 3.63) is 120 Å². The standard InChI is InChI=1S/C27H22O3/c1-5-19-15-12-16-25(22(19)7-3)29-30-27-23(8-4)20(6-2)17-18-24(27)26(28)21-13-10-9-11-14-21/h5-18H,1-4H2. The highest BCUT2D eigenvalue weighted by Crippen LogP contribution is 2.33. The van der Waals surface area contributed by atoms with Crippen LogP contribution >= 0.6 is 0 Å². The third-order valence-electron chi connectivity index (χ3n) is 4.67. The van der Waals surface area contributed by atoms with Crippen LogP contribution in [0.5, 0.6) is 11.5 Å². The van der Waals surface area contributed by atoms with Gasteiger partial charge in [0, 0.05) is 16.7 Å². The normalized spacial score (nSPS) is 10.0. The number of benzene rings is 3. The van der Waals surface area contributed by atoms with Gasteiger partial charge in [-0.2, -0.15) is 0 Å². The van der Waals surface area contributed by atoms with E-state index in [-0.39, 0.29) is 11.5 Å². The van der Waals surface area contributed by atoms with Gasteiger partial charge in [0.2, 0.25) is 0 Å². The van der Waals surface area contributed by atoms with E-state index in [1.165, 1.54) is 0 Å². The predicted molar refractivity (Wildman–Crippen MR) is 124 cm³/mol. The Hall–Kier alpha value is -4.11. The van der Waals surface area contributed by atoms with Crippen molar-refractivity contribution in [3.8, 4) is 11.5 Å². The quantitative estimate of drug-likeness (QED) is 0.226. The minimum absolute atomic E-state index is 0.184. The van der Waals surface area contributed by atoms with Crippen molar-refractivity contribution >= 4 is 30.1 Å². The van der Waals surface area contributed by atoms with Gasteiger partial charge in [-0.05, 0) is 23.3 Å². The molecule has 3 heteroatoms. The molecule has 0 atom stereocenters. The highest BCUT2D eigenvalue weighted by molar-refractivity contribution is 6.11. The van der Waals surface area contributed by atoms with Gasteiger partial charge in [0.25, 0.3) is 0 Å². The van der Waals surface area contributed by atoms with Gasteiger partial charge in [0.1, 0.15) is 0 Å². The van der Waals surface area contributed by atoms with Gasteiger partial charge in [-0.3, -0.25) is 14.6 Å². The summed E-state index contributed by atoms with van der Waals surface area (Å²) in [5, 5.41) is 0. The molecule has 0 bridgehead atoms. The number of carbonyl (C=O) groups is 1. The molecule has 30 heavy (non-hydrogen) atoms. The van der Waals surface area contributed by atoms with E-state index < -0.39 is 0 Å². The molecule has 3 rings (SSSR count). The molecule has 3 nitrogen and oxygen atoms in total. The third-order valence-corrected chi connectivity index (χ3v) is 4.67. The van der Waals surface area contributed by atoms with Crippen LogP contribution in [0.2, 0.25) is 0 Å². The lowest BCUT2D eigenvalue weighted by Gasteiger charge is -2.16. The summed E-state index contributed by atoms with van der Waals surface area (Å²) < 4.78 is 0. The second kappa shape index (κ2) is 9.39. The molecule has 0 saturated heterocycles. The predicted octanol–water partition coefficient (Wildman–Crippen LogP) is 6.86. The summed E-state index contributed by atoms with van der Waals surface area (Å²) in [5.74, 6) is 0.548. The molecule has 0 aliphatic heterocycles. The lowest BCUT2D eigenvalue weighted by molar-refractivity contribution is -0.101. The van der Waals surface area contributed by atoms with Crippen molar-refractivity contribution in [3.63, 3.8) is 0 Å². The number of hydrogen-bond acceptors (Lipinski definition) is 3. The summed E-state index contributed by atoms with van der Waals surface area (Å²) in [6.45, 7) is 15.3. The van der Waals surface area contributed by atoms with E-state index in [2.05, 4.69) is 26.3 Å². The van der Waals surface area contributed by atoms with Gasteiger partial charge in [0.05, 0.1) is 5.56 Å². The van der Waals surface area contributed by atoms with Crippen molar-refractivity contribution in [2.24, 2.45) is 0 Å². The van der Waals surface area contributed by atoms with E-state index in [9.17, 15) is 4.79 Å². The van der Waals surface area contributed by atoms with Crippen molar-refractivity contribution < 1.29 is 14.6 Å². The van der Waals surface area contributed by atoms with E-state index in [4.69, 9.17) is 9.78 Å². The fourth-order valence-electron chi connectivity index (χ4n) is 3.13. The lowest BCUT2D eigenvalue weighted by Crippen LogP contribution is -2.11. The van der Waals surface area contributed by atoms with Crippen LogP contribution in [-0.2, 0) is 0 Å². The number of carbonyl (C=O) groups excluding carboxylic acids is 1. The Bertz CT molecular complexity index is 1120. The van der Waals surface area contributed by atoms with Crippen molar-refractivity contribution in [1.82, 2.24) is 0 Å². The Kier molecular flexibility index (Phi) is 6.46. The molecule has 0 unspecified atom stereocenters. The molecule has 3 aromatic carbocycles. The van der Waals surface area contributed by atoms with Gasteiger partial charge >= 0.3 is 0 Å². The Labute approximate surface area is 176 Å². The summed E-state index contributed by atoms with van der Waals surface area (Å²) in [7, 11) is 0. The van der Waals surface area contributed by atoms with Crippen LogP contribution in [0.1, 0.15) is 38.2 Å². The van der Waals surface area contributed by atoms with Crippen molar-refractivity contribution in [1.29, 1.82) is 0 Å². The molecule has 3 aromatic rings. The van der Waals surface area contributed by atoms with Crippen LogP contribution < -0.4 is 9.78 Å². The van der Waals surface area contributed by atoms with Crippen LogP contribution in [0.25, 0.3) is 24.3 Å². The van der Waals surface area contributed by atoms with Crippen LogP contribution in [0, 0.1) is 0 Å². The maximum Gasteiger partial charge on any atom is 0.197 e. The van der Waals surface area contributed by atoms with Crippen LogP contribution in [0.4, 0.5) is 0 Å². The molecular formula is C27H22O3. The van der Waals surface area contributed by atoms with Gasteiger partial charge in [0.15, 0.2) is 17.3 Å². The Balaban J connectivity index is 2.08. The lowest BCUT2D eigenvalue weighted by atomic mass is 9.96. The minimum atomic E-state index is -0.184. The second-order valence-electron chi connectivity index (χ2n) is 6.38. The Morgan fingerprint density at radius 3 is 1.97 bits per heavy atom. The number of hydrogen-bond donors (Lipinski definition) is 0. The summed E-state index contributed by atoms with van der Waals surface area (Å²) >= 11 is 0. The summed E-state index contributed by atoms with van der Waals surface area (Å²) in [4.78, 5) is 24.6. The maximum atomic E-state index is 13.1. The first-order valence-electron chi connectivity index (χ1n) is 9.38. The Morgan fingerprint density at radius 2 is 1.33 bits per heavy atom. The highest BCUT2D eigenvalue weighted by atomic mass is 17.2. The third kappa shape index (κ3) is 4.01. The summed E-state index contributed by atoms with van der Waals surface area (Å²) in [5.41, 5.74) is 3.90. The number of ketones is 1. The topological polar surface area (TPSA) is 35.5 Å². The van der Waals surface area contributed by atoms with Crippen molar-refractivity contribution in [2.75, 3.05) is 0 Å². The van der Waals surface area contributed by atoms with E-state index in [0.717, 1.165) is 16.7 Å². The average Bonchev–Trinajstić information content (AvgIpc) is 2.81. The smallest absolute Gasteiger partial charge is 0.197 e. The van der Waals surface area contributed by atoms with Gasteiger partial charge in [-0.25, -0.2) is 0 Å². The van der Waals surface area contributed by atoms with Crippen LogP contribution in [-0.4, -0.2) is 5.78 Å². The fraction of sp³-hybridized carbons (Fsp3) is 0. The van der Waals surface area contributed by atoms with E-state index in [0.29, 0.717) is 22.4 Å². The molecule has 0 aromatic heterocycles. The number of rotatable bonds is 9. The molecule has 0 N–H and O–H groups in total. The molecule has 0 spiro atoms. The van der Waals surface area contributed by atoms with Gasteiger partial charge in [-0.15, -0.1) is 0 Å². The first-order valence-corrected chi connectivity index (χ1v) is 9.38.